The fraction of sp³-hybridized carbons (Fsp3) is 0.292. The van der Waals surface area contributed by atoms with Gasteiger partial charge in [0.2, 0.25) is 5.91 Å². The number of benzene rings is 2. The van der Waals surface area contributed by atoms with Gasteiger partial charge < -0.3 is 20.7 Å². The third-order valence-electron chi connectivity index (χ3n) is 6.32. The van der Waals surface area contributed by atoms with Crippen LogP contribution < -0.4 is 20.7 Å². The van der Waals surface area contributed by atoms with E-state index in [-0.39, 0.29) is 17.9 Å². The molecule has 0 radical (unpaired) electrons. The first kappa shape index (κ1) is 21.1. The zero-order chi connectivity index (χ0) is 23.2. The molecule has 1 aliphatic heterocycles. The van der Waals surface area contributed by atoms with Gasteiger partial charge in [0.05, 0.1) is 23.9 Å². The van der Waals surface area contributed by atoms with E-state index in [9.17, 15) is 18.4 Å². The van der Waals surface area contributed by atoms with Crippen LogP contribution in [0.25, 0.3) is 10.9 Å². The van der Waals surface area contributed by atoms with Gasteiger partial charge in [0.1, 0.15) is 23.4 Å². The minimum absolute atomic E-state index is 0.00131. The first-order valence-electron chi connectivity index (χ1n) is 10.7. The molecule has 3 amide bonds. The quantitative estimate of drug-likeness (QED) is 0.555. The number of carbonyl (C=O) groups excluding carboxylic acids is 2. The van der Waals surface area contributed by atoms with E-state index in [0.717, 1.165) is 28.7 Å². The highest BCUT2D eigenvalue weighted by molar-refractivity contribution is 5.90. The smallest absolute Gasteiger partial charge is 0.316 e. The minimum Gasteiger partial charge on any atom is -0.497 e. The van der Waals surface area contributed by atoms with Crippen molar-refractivity contribution in [1.29, 1.82) is 0 Å². The number of ether oxygens (including phenoxy) is 1. The molecule has 1 saturated carbocycles. The summed E-state index contributed by atoms with van der Waals surface area (Å²) in [5, 5.41) is 9.10. The molecule has 2 fully saturated rings. The van der Waals surface area contributed by atoms with Crippen molar-refractivity contribution in [1.82, 2.24) is 20.9 Å². The summed E-state index contributed by atoms with van der Waals surface area (Å²) < 4.78 is 34.1. The minimum atomic E-state index is -1.12. The van der Waals surface area contributed by atoms with Gasteiger partial charge in [-0.25, -0.2) is 13.6 Å². The second-order valence-corrected chi connectivity index (χ2v) is 8.40. The first-order valence-corrected chi connectivity index (χ1v) is 10.7. The highest BCUT2D eigenvalue weighted by Crippen LogP contribution is 2.45. The van der Waals surface area contributed by atoms with Crippen molar-refractivity contribution in [2.75, 3.05) is 13.7 Å². The van der Waals surface area contributed by atoms with E-state index in [1.165, 1.54) is 7.11 Å². The number of pyridine rings is 1. The van der Waals surface area contributed by atoms with E-state index in [1.54, 1.807) is 0 Å². The molecule has 9 heteroatoms. The highest BCUT2D eigenvalue weighted by atomic mass is 19.1. The van der Waals surface area contributed by atoms with Gasteiger partial charge in [-0.15, -0.1) is 0 Å². The number of para-hydroxylation sites is 1. The maximum atomic E-state index is 14.6. The Morgan fingerprint density at radius 2 is 1.88 bits per heavy atom. The van der Waals surface area contributed by atoms with Crippen molar-refractivity contribution in [3.63, 3.8) is 0 Å². The summed E-state index contributed by atoms with van der Waals surface area (Å²) in [6, 6.07) is 11.9. The topological polar surface area (TPSA) is 92.4 Å². The van der Waals surface area contributed by atoms with Gasteiger partial charge in [0.25, 0.3) is 0 Å². The summed E-state index contributed by atoms with van der Waals surface area (Å²) in [6.45, 7) is 0.00131. The van der Waals surface area contributed by atoms with Crippen LogP contribution in [-0.2, 0) is 10.3 Å². The van der Waals surface area contributed by atoms with Crippen LogP contribution in [-0.4, -0.2) is 36.6 Å². The van der Waals surface area contributed by atoms with Crippen molar-refractivity contribution < 1.29 is 23.1 Å². The van der Waals surface area contributed by atoms with Gasteiger partial charge in [-0.05, 0) is 25.0 Å². The van der Waals surface area contributed by atoms with Crippen LogP contribution in [0.3, 0.4) is 0 Å². The van der Waals surface area contributed by atoms with Crippen LogP contribution in [0.1, 0.15) is 30.0 Å². The summed E-state index contributed by atoms with van der Waals surface area (Å²) in [6.07, 6.45) is 1.40. The molecule has 3 N–H and O–H groups in total. The monoisotopic (exact) mass is 452 g/mol. The molecule has 33 heavy (non-hydrogen) atoms. The molecule has 7 nitrogen and oxygen atoms in total. The molecule has 2 atom stereocenters. The first-order chi connectivity index (χ1) is 15.9. The van der Waals surface area contributed by atoms with Crippen molar-refractivity contribution in [2.24, 2.45) is 0 Å². The average molecular weight is 452 g/mol. The third kappa shape index (κ3) is 3.83. The molecule has 2 aromatic carbocycles. The Labute approximate surface area is 188 Å². The number of hydrogen-bond donors (Lipinski definition) is 3. The number of nitrogens with one attached hydrogen (secondary N) is 3. The summed E-state index contributed by atoms with van der Waals surface area (Å²) in [7, 11) is 1.31. The molecule has 2 aliphatic rings. The molecule has 1 saturated heterocycles. The number of hydrogen-bond acceptors (Lipinski definition) is 4. The Bertz CT molecular complexity index is 1240. The molecule has 0 bridgehead atoms. The van der Waals surface area contributed by atoms with E-state index in [2.05, 4.69) is 20.9 Å². The summed E-state index contributed by atoms with van der Waals surface area (Å²) >= 11 is 0. The van der Waals surface area contributed by atoms with Gasteiger partial charge in [-0.1, -0.05) is 24.3 Å². The maximum Gasteiger partial charge on any atom is 0.316 e. The number of amides is 3. The predicted octanol–water partition coefficient (Wildman–Crippen LogP) is 3.09. The lowest BCUT2D eigenvalue weighted by atomic mass is 9.93. The van der Waals surface area contributed by atoms with Gasteiger partial charge in [-0.2, -0.15) is 0 Å². The van der Waals surface area contributed by atoms with Crippen LogP contribution in [0, 0.1) is 11.6 Å². The van der Waals surface area contributed by atoms with Crippen LogP contribution in [0.2, 0.25) is 0 Å². The highest BCUT2D eigenvalue weighted by Gasteiger charge is 2.48. The normalized spacial score (nSPS) is 20.9. The van der Waals surface area contributed by atoms with Crippen molar-refractivity contribution in [2.45, 2.75) is 30.3 Å². The summed E-state index contributed by atoms with van der Waals surface area (Å²) in [5.41, 5.74) is 0.659. The zero-order valence-electron chi connectivity index (χ0n) is 17.8. The molecule has 1 aromatic heterocycles. The number of nitrogens with zero attached hydrogens (tertiary/aromatic N) is 1. The van der Waals surface area contributed by atoms with Gasteiger partial charge in [0, 0.05) is 35.5 Å². The average Bonchev–Trinajstić information content (AvgIpc) is 3.51. The molecular formula is C24H22F2N4O3. The lowest BCUT2D eigenvalue weighted by Crippen LogP contribution is -2.50. The number of fused-ring (bicyclic) bond motifs is 1. The van der Waals surface area contributed by atoms with Crippen molar-refractivity contribution in [3.05, 3.63) is 71.4 Å². The molecule has 170 valence electrons. The SMILES string of the molecule is COc1cc(F)c([C@@H]2CNC(=O)[C@H]2NC(=O)NC2(c3ccc4ccccc4n3)CC2)c(F)c1. The standard InChI is InChI=1S/C24H22F2N4O3/c1-33-14-10-16(25)20(17(26)11-14)15-12-27-22(31)21(15)29-23(32)30-24(8-9-24)19-7-6-13-4-2-3-5-18(13)28-19/h2-7,10-11,15,21H,8-9,12H2,1H3,(H,27,31)(H2,29,30,32)/t15-,21-/m0/s1. The van der Waals surface area contributed by atoms with E-state index in [4.69, 9.17) is 4.74 Å². The Kier molecular flexibility index (Phi) is 5.11. The van der Waals surface area contributed by atoms with Gasteiger partial charge >= 0.3 is 6.03 Å². The molecule has 3 aromatic rings. The largest absolute Gasteiger partial charge is 0.497 e. The van der Waals surface area contributed by atoms with E-state index in [1.807, 2.05) is 36.4 Å². The van der Waals surface area contributed by atoms with Crippen LogP contribution in [0.5, 0.6) is 5.75 Å². The van der Waals surface area contributed by atoms with Crippen molar-refractivity contribution in [3.8, 4) is 5.75 Å². The number of rotatable bonds is 5. The Morgan fingerprint density at radius 1 is 1.15 bits per heavy atom. The number of halogens is 2. The van der Waals surface area contributed by atoms with E-state index >= 15 is 0 Å². The van der Waals surface area contributed by atoms with E-state index in [0.29, 0.717) is 12.8 Å². The number of aromatic nitrogens is 1. The number of methoxy groups -OCH3 is 1. The Hall–Kier alpha value is -3.75. The second kappa shape index (κ2) is 7.99. The van der Waals surface area contributed by atoms with E-state index < -0.39 is 41.1 Å². The lowest BCUT2D eigenvalue weighted by Gasteiger charge is -2.23. The molecule has 2 heterocycles. The molecule has 0 unspecified atom stereocenters. The number of carbonyl (C=O) groups is 2. The fourth-order valence-electron chi connectivity index (χ4n) is 4.39. The van der Waals surface area contributed by atoms with Crippen molar-refractivity contribution >= 4 is 22.8 Å². The molecule has 1 aliphatic carbocycles. The zero-order valence-corrected chi connectivity index (χ0v) is 17.8. The maximum absolute atomic E-state index is 14.6. The Morgan fingerprint density at radius 3 is 2.58 bits per heavy atom. The summed E-state index contributed by atoms with van der Waals surface area (Å²) in [5.74, 6) is -3.03. The molecule has 0 spiro atoms. The molecular weight excluding hydrogens is 430 g/mol. The lowest BCUT2D eigenvalue weighted by molar-refractivity contribution is -0.120. The van der Waals surface area contributed by atoms with Gasteiger partial charge in [0.15, 0.2) is 0 Å². The van der Waals surface area contributed by atoms with Gasteiger partial charge in [-0.3, -0.25) is 9.78 Å². The van der Waals surface area contributed by atoms with Crippen LogP contribution >= 0.6 is 0 Å². The fourth-order valence-corrected chi connectivity index (χ4v) is 4.39. The third-order valence-corrected chi connectivity index (χ3v) is 6.32. The Balaban J connectivity index is 1.35. The molecule has 5 rings (SSSR count). The van der Waals surface area contributed by atoms with Crippen LogP contribution in [0.15, 0.2) is 48.5 Å². The van der Waals surface area contributed by atoms with Crippen LogP contribution in [0.4, 0.5) is 13.6 Å². The second-order valence-electron chi connectivity index (χ2n) is 8.40. The summed E-state index contributed by atoms with van der Waals surface area (Å²) in [4.78, 5) is 29.9. The predicted molar refractivity (Wildman–Crippen MR) is 117 cm³/mol. The number of urea groups is 1.